The Bertz CT molecular complexity index is 826. The van der Waals surface area contributed by atoms with Gasteiger partial charge in [-0.05, 0) is 92.4 Å². The molecule has 1 aromatic rings. The SMILES string of the molecule is CC(=O)[C@H]1CCC2C3CC=C4C[C@@H](OCc5ccccc5)CCC4(C)C3CC[C@@]21C. The van der Waals surface area contributed by atoms with Crippen molar-refractivity contribution in [3.63, 3.8) is 0 Å². The lowest BCUT2D eigenvalue weighted by atomic mass is 9.47. The first-order valence-electron chi connectivity index (χ1n) is 12.3. The molecule has 30 heavy (non-hydrogen) atoms. The standard InChI is InChI=1S/C28H38O2/c1-19(29)24-11-12-25-23-10-9-21-17-22(30-18-20-7-5-4-6-8-20)13-15-27(21,2)26(23)14-16-28(24,25)3/h4-9,22-26H,10-18H2,1-3H3/t22-,23?,24+,25?,26?,27?,28+/m0/s1. The van der Waals surface area contributed by atoms with E-state index in [-0.39, 0.29) is 5.41 Å². The molecule has 0 amide bonds. The molecule has 0 heterocycles. The Kier molecular flexibility index (Phi) is 5.21. The highest BCUT2D eigenvalue weighted by Gasteiger charge is 2.59. The lowest BCUT2D eigenvalue weighted by Gasteiger charge is -2.58. The maximum Gasteiger partial charge on any atom is 0.133 e. The second-order valence-electron chi connectivity index (χ2n) is 11.2. The predicted octanol–water partition coefficient (Wildman–Crippen LogP) is 6.74. The lowest BCUT2D eigenvalue weighted by molar-refractivity contribution is -0.127. The summed E-state index contributed by atoms with van der Waals surface area (Å²) in [5, 5.41) is 0. The van der Waals surface area contributed by atoms with Crippen LogP contribution in [0, 0.1) is 34.5 Å². The summed E-state index contributed by atoms with van der Waals surface area (Å²) in [7, 11) is 0. The molecule has 4 aliphatic carbocycles. The van der Waals surface area contributed by atoms with Gasteiger partial charge in [0.25, 0.3) is 0 Å². The number of ether oxygens (including phenoxy) is 1. The van der Waals surface area contributed by atoms with Crippen LogP contribution in [0.15, 0.2) is 42.0 Å². The minimum absolute atomic E-state index is 0.255. The lowest BCUT2D eigenvalue weighted by Crippen LogP contribution is -2.51. The second-order valence-corrected chi connectivity index (χ2v) is 11.2. The maximum absolute atomic E-state index is 12.3. The van der Waals surface area contributed by atoms with Crippen molar-refractivity contribution in [2.45, 2.75) is 84.8 Å². The van der Waals surface area contributed by atoms with Crippen LogP contribution in [-0.2, 0) is 16.1 Å². The molecule has 4 unspecified atom stereocenters. The molecule has 3 saturated carbocycles. The van der Waals surface area contributed by atoms with Gasteiger partial charge in [0, 0.05) is 5.92 Å². The van der Waals surface area contributed by atoms with Gasteiger partial charge in [-0.25, -0.2) is 0 Å². The van der Waals surface area contributed by atoms with E-state index < -0.39 is 0 Å². The molecule has 0 saturated heterocycles. The van der Waals surface area contributed by atoms with Gasteiger partial charge in [0.15, 0.2) is 0 Å². The molecule has 0 aliphatic heterocycles. The van der Waals surface area contributed by atoms with Crippen LogP contribution in [-0.4, -0.2) is 11.9 Å². The van der Waals surface area contributed by atoms with Gasteiger partial charge in [-0.15, -0.1) is 0 Å². The Morgan fingerprint density at radius 2 is 1.83 bits per heavy atom. The van der Waals surface area contributed by atoms with Crippen molar-refractivity contribution in [3.8, 4) is 0 Å². The van der Waals surface area contributed by atoms with Gasteiger partial charge in [0.05, 0.1) is 12.7 Å². The minimum atomic E-state index is 0.255. The van der Waals surface area contributed by atoms with E-state index in [9.17, 15) is 4.79 Å². The summed E-state index contributed by atoms with van der Waals surface area (Å²) in [4.78, 5) is 12.3. The molecule has 1 aromatic carbocycles. The molecule has 7 atom stereocenters. The summed E-state index contributed by atoms with van der Waals surface area (Å²) >= 11 is 0. The number of hydrogen-bond donors (Lipinski definition) is 0. The summed E-state index contributed by atoms with van der Waals surface area (Å²) in [6, 6.07) is 10.6. The second kappa shape index (κ2) is 7.62. The number of allylic oxidation sites excluding steroid dienone is 1. The van der Waals surface area contributed by atoms with Crippen LogP contribution < -0.4 is 0 Å². The molecular weight excluding hydrogens is 368 g/mol. The largest absolute Gasteiger partial charge is 0.373 e. The molecular formula is C28H38O2. The Hall–Kier alpha value is -1.41. The predicted molar refractivity (Wildman–Crippen MR) is 121 cm³/mol. The van der Waals surface area contributed by atoms with Crippen molar-refractivity contribution >= 4 is 5.78 Å². The van der Waals surface area contributed by atoms with Crippen LogP contribution >= 0.6 is 0 Å². The Morgan fingerprint density at radius 3 is 2.60 bits per heavy atom. The van der Waals surface area contributed by atoms with Crippen LogP contribution in [0.4, 0.5) is 0 Å². The fourth-order valence-electron chi connectivity index (χ4n) is 8.23. The minimum Gasteiger partial charge on any atom is -0.373 e. The van der Waals surface area contributed by atoms with Crippen molar-refractivity contribution < 1.29 is 9.53 Å². The maximum atomic E-state index is 12.3. The third-order valence-electron chi connectivity index (χ3n) is 9.88. The Labute approximate surface area is 182 Å². The Balaban J connectivity index is 1.30. The first kappa shape index (κ1) is 20.5. The van der Waals surface area contributed by atoms with Crippen LogP contribution in [0.1, 0.15) is 77.7 Å². The van der Waals surface area contributed by atoms with E-state index in [1.165, 1.54) is 44.1 Å². The third kappa shape index (κ3) is 3.22. The topological polar surface area (TPSA) is 26.3 Å². The first-order chi connectivity index (χ1) is 14.4. The fraction of sp³-hybridized carbons (Fsp3) is 0.679. The first-order valence-corrected chi connectivity index (χ1v) is 12.3. The zero-order valence-electron chi connectivity index (χ0n) is 19.0. The van der Waals surface area contributed by atoms with Gasteiger partial charge in [0.1, 0.15) is 5.78 Å². The quantitative estimate of drug-likeness (QED) is 0.518. The molecule has 2 heteroatoms. The van der Waals surface area contributed by atoms with E-state index >= 15 is 0 Å². The number of benzene rings is 1. The van der Waals surface area contributed by atoms with Gasteiger partial charge in [-0.3, -0.25) is 4.79 Å². The fourth-order valence-corrected chi connectivity index (χ4v) is 8.23. The van der Waals surface area contributed by atoms with Crippen LogP contribution in [0.5, 0.6) is 0 Å². The van der Waals surface area contributed by atoms with Crippen LogP contribution in [0.2, 0.25) is 0 Å². The smallest absolute Gasteiger partial charge is 0.133 e. The molecule has 162 valence electrons. The van der Waals surface area contributed by atoms with E-state index in [1.54, 1.807) is 5.57 Å². The van der Waals surface area contributed by atoms with Gasteiger partial charge < -0.3 is 4.74 Å². The van der Waals surface area contributed by atoms with Crippen molar-refractivity contribution in [3.05, 3.63) is 47.5 Å². The molecule has 0 radical (unpaired) electrons. The van der Waals surface area contributed by atoms with Gasteiger partial charge >= 0.3 is 0 Å². The molecule has 4 aliphatic rings. The van der Waals surface area contributed by atoms with Crippen molar-refractivity contribution in [1.82, 2.24) is 0 Å². The number of carbonyl (C=O) groups is 1. The van der Waals surface area contributed by atoms with E-state index in [0.717, 1.165) is 37.2 Å². The molecule has 0 aromatic heterocycles. The zero-order chi connectivity index (χ0) is 20.9. The molecule has 0 N–H and O–H groups in total. The number of Topliss-reactive ketones (excluding diaryl/α,β-unsaturated/α-hetero) is 1. The summed E-state index contributed by atoms with van der Waals surface area (Å²) < 4.78 is 6.35. The average molecular weight is 407 g/mol. The van der Waals surface area contributed by atoms with Gasteiger partial charge in [0.2, 0.25) is 0 Å². The van der Waals surface area contributed by atoms with Crippen LogP contribution in [0.3, 0.4) is 0 Å². The molecule has 5 rings (SSSR count). The molecule has 3 fully saturated rings. The molecule has 2 nitrogen and oxygen atoms in total. The van der Waals surface area contributed by atoms with Crippen molar-refractivity contribution in [1.29, 1.82) is 0 Å². The van der Waals surface area contributed by atoms with E-state index in [1.807, 2.05) is 6.92 Å². The molecule has 0 spiro atoms. The monoisotopic (exact) mass is 406 g/mol. The number of carbonyl (C=O) groups excluding carboxylic acids is 1. The highest BCUT2D eigenvalue weighted by Crippen LogP contribution is 2.66. The normalized spacial score (nSPS) is 42.6. The summed E-state index contributed by atoms with van der Waals surface area (Å²) in [6.07, 6.45) is 12.7. The zero-order valence-corrected chi connectivity index (χ0v) is 19.0. The third-order valence-corrected chi connectivity index (χ3v) is 9.88. The summed E-state index contributed by atoms with van der Waals surface area (Å²) in [5.74, 6) is 3.07. The summed E-state index contributed by atoms with van der Waals surface area (Å²) in [5.41, 5.74) is 3.56. The number of hydrogen-bond acceptors (Lipinski definition) is 2. The highest BCUT2D eigenvalue weighted by molar-refractivity contribution is 5.79. The van der Waals surface area contributed by atoms with E-state index in [0.29, 0.717) is 23.2 Å². The van der Waals surface area contributed by atoms with Gasteiger partial charge in [-0.2, -0.15) is 0 Å². The number of fused-ring (bicyclic) bond motifs is 5. The van der Waals surface area contributed by atoms with E-state index in [2.05, 4.69) is 50.3 Å². The van der Waals surface area contributed by atoms with Crippen molar-refractivity contribution in [2.75, 3.05) is 0 Å². The summed E-state index contributed by atoms with van der Waals surface area (Å²) in [6.45, 7) is 7.57. The number of ketones is 1. The molecule has 0 bridgehead atoms. The van der Waals surface area contributed by atoms with Gasteiger partial charge in [-0.1, -0.05) is 55.8 Å². The van der Waals surface area contributed by atoms with E-state index in [4.69, 9.17) is 4.74 Å². The number of rotatable bonds is 4. The Morgan fingerprint density at radius 1 is 1.03 bits per heavy atom. The van der Waals surface area contributed by atoms with Crippen LogP contribution in [0.25, 0.3) is 0 Å². The highest BCUT2D eigenvalue weighted by atomic mass is 16.5. The van der Waals surface area contributed by atoms with Crippen molar-refractivity contribution in [2.24, 2.45) is 34.5 Å². The average Bonchev–Trinajstić information content (AvgIpc) is 3.10.